The van der Waals surface area contributed by atoms with Gasteiger partial charge < -0.3 is 5.11 Å². The molecule has 0 unspecified atom stereocenters. The highest BCUT2D eigenvalue weighted by molar-refractivity contribution is 9.10. The molecule has 0 saturated carbocycles. The van der Waals surface area contributed by atoms with Crippen LogP contribution in [0, 0.1) is 5.82 Å². The van der Waals surface area contributed by atoms with Crippen molar-refractivity contribution in [3.8, 4) is 0 Å². The van der Waals surface area contributed by atoms with Crippen LogP contribution in [0.25, 0.3) is 0 Å². The van der Waals surface area contributed by atoms with Gasteiger partial charge in [0.15, 0.2) is 5.82 Å². The third-order valence-corrected chi connectivity index (χ3v) is 2.54. The van der Waals surface area contributed by atoms with Crippen molar-refractivity contribution < 1.29 is 9.50 Å². The third kappa shape index (κ3) is 2.42. The Balaban J connectivity index is 3.29. The van der Waals surface area contributed by atoms with Gasteiger partial charge in [-0.3, -0.25) is 0 Å². The predicted octanol–water partition coefficient (Wildman–Crippen LogP) is 3.47. The Morgan fingerprint density at radius 3 is 2.38 bits per heavy atom. The van der Waals surface area contributed by atoms with E-state index in [9.17, 15) is 9.50 Å². The molecule has 1 nitrogen and oxygen atoms in total. The number of halogens is 3. The van der Waals surface area contributed by atoms with E-state index in [-0.39, 0.29) is 9.50 Å². The second-order valence-electron chi connectivity index (χ2n) is 3.31. The third-order valence-electron chi connectivity index (χ3n) is 1.69. The lowest BCUT2D eigenvalue weighted by Gasteiger charge is -2.18. The van der Waals surface area contributed by atoms with Gasteiger partial charge in [-0.2, -0.15) is 0 Å². The van der Waals surface area contributed by atoms with Crippen LogP contribution in [0.3, 0.4) is 0 Å². The first kappa shape index (κ1) is 11.0. The lowest BCUT2D eigenvalue weighted by Crippen LogP contribution is -2.15. The number of rotatable bonds is 1. The van der Waals surface area contributed by atoms with Crippen molar-refractivity contribution in [1.82, 2.24) is 0 Å². The zero-order valence-corrected chi connectivity index (χ0v) is 9.58. The van der Waals surface area contributed by atoms with Gasteiger partial charge in [-0.25, -0.2) is 4.39 Å². The SMILES string of the molecule is CC(C)(O)c1cc(Cl)c(F)c(Br)c1. The first-order chi connectivity index (χ1) is 5.82. The highest BCUT2D eigenvalue weighted by Crippen LogP contribution is 2.30. The van der Waals surface area contributed by atoms with Crippen molar-refractivity contribution in [3.05, 3.63) is 33.0 Å². The van der Waals surface area contributed by atoms with Crippen LogP contribution < -0.4 is 0 Å². The van der Waals surface area contributed by atoms with E-state index in [4.69, 9.17) is 11.6 Å². The van der Waals surface area contributed by atoms with Crippen LogP contribution in [0.4, 0.5) is 4.39 Å². The normalized spacial score (nSPS) is 11.8. The quantitative estimate of drug-likeness (QED) is 0.773. The minimum absolute atomic E-state index is 0.00602. The average Bonchev–Trinajstić information content (AvgIpc) is 1.97. The molecule has 0 aliphatic rings. The molecule has 0 spiro atoms. The van der Waals surface area contributed by atoms with Gasteiger partial charge in [0.05, 0.1) is 15.1 Å². The highest BCUT2D eigenvalue weighted by atomic mass is 79.9. The topological polar surface area (TPSA) is 20.2 Å². The molecule has 0 aromatic heterocycles. The Morgan fingerprint density at radius 1 is 1.46 bits per heavy atom. The molecular weight excluding hydrogens is 258 g/mol. The molecule has 1 aromatic carbocycles. The minimum Gasteiger partial charge on any atom is -0.386 e. The van der Waals surface area contributed by atoms with Crippen LogP contribution in [-0.2, 0) is 5.60 Å². The van der Waals surface area contributed by atoms with Gasteiger partial charge in [-0.15, -0.1) is 0 Å². The number of hydrogen-bond donors (Lipinski definition) is 1. The second-order valence-corrected chi connectivity index (χ2v) is 4.57. The van der Waals surface area contributed by atoms with Crippen LogP contribution in [0.1, 0.15) is 19.4 Å². The summed E-state index contributed by atoms with van der Waals surface area (Å²) in [6, 6.07) is 2.93. The van der Waals surface area contributed by atoms with Crippen molar-refractivity contribution in [2.24, 2.45) is 0 Å². The van der Waals surface area contributed by atoms with Gasteiger partial charge >= 0.3 is 0 Å². The summed E-state index contributed by atoms with van der Waals surface area (Å²) in [6.07, 6.45) is 0. The zero-order chi connectivity index (χ0) is 10.2. The molecule has 1 rings (SSSR count). The van der Waals surface area contributed by atoms with Gasteiger partial charge in [0.1, 0.15) is 0 Å². The summed E-state index contributed by atoms with van der Waals surface area (Å²) in [7, 11) is 0. The summed E-state index contributed by atoms with van der Waals surface area (Å²) in [4.78, 5) is 0. The maximum Gasteiger partial charge on any atom is 0.155 e. The molecule has 0 amide bonds. The molecule has 0 aliphatic heterocycles. The van der Waals surface area contributed by atoms with E-state index in [1.54, 1.807) is 13.8 Å². The molecule has 0 heterocycles. The smallest absolute Gasteiger partial charge is 0.155 e. The van der Waals surface area contributed by atoms with E-state index in [0.717, 1.165) is 0 Å². The lowest BCUT2D eigenvalue weighted by molar-refractivity contribution is 0.0784. The van der Waals surface area contributed by atoms with E-state index in [2.05, 4.69) is 15.9 Å². The van der Waals surface area contributed by atoms with Crippen LogP contribution >= 0.6 is 27.5 Å². The Labute approximate surface area is 89.7 Å². The minimum atomic E-state index is -1.01. The van der Waals surface area contributed by atoms with E-state index in [1.165, 1.54) is 12.1 Å². The van der Waals surface area contributed by atoms with Crippen LogP contribution in [0.5, 0.6) is 0 Å². The fourth-order valence-corrected chi connectivity index (χ4v) is 1.70. The first-order valence-corrected chi connectivity index (χ1v) is 4.87. The largest absolute Gasteiger partial charge is 0.386 e. The average molecular weight is 268 g/mol. The van der Waals surface area contributed by atoms with E-state index in [0.29, 0.717) is 5.56 Å². The Kier molecular flexibility index (Phi) is 3.00. The monoisotopic (exact) mass is 266 g/mol. The Bertz CT molecular complexity index is 310. The predicted molar refractivity (Wildman–Crippen MR) is 54.4 cm³/mol. The van der Waals surface area contributed by atoms with Crippen LogP contribution in [-0.4, -0.2) is 5.11 Å². The molecule has 1 aromatic rings. The zero-order valence-electron chi connectivity index (χ0n) is 7.24. The fourth-order valence-electron chi connectivity index (χ4n) is 0.909. The molecular formula is C9H9BrClFO. The van der Waals surface area contributed by atoms with Crippen molar-refractivity contribution >= 4 is 27.5 Å². The van der Waals surface area contributed by atoms with Crippen LogP contribution in [0.2, 0.25) is 5.02 Å². The summed E-state index contributed by atoms with van der Waals surface area (Å²) in [5, 5.41) is 9.63. The Hall–Kier alpha value is -0.120. The molecule has 0 radical (unpaired) electrons. The van der Waals surface area contributed by atoms with Gasteiger partial charge in [-0.05, 0) is 47.5 Å². The van der Waals surface area contributed by atoms with Crippen molar-refractivity contribution in [3.63, 3.8) is 0 Å². The van der Waals surface area contributed by atoms with Crippen molar-refractivity contribution in [2.75, 3.05) is 0 Å². The maximum atomic E-state index is 13.0. The van der Waals surface area contributed by atoms with Crippen molar-refractivity contribution in [1.29, 1.82) is 0 Å². The Morgan fingerprint density at radius 2 is 2.00 bits per heavy atom. The van der Waals surface area contributed by atoms with Crippen LogP contribution in [0.15, 0.2) is 16.6 Å². The summed E-state index contributed by atoms with van der Waals surface area (Å²) in [5.74, 6) is -0.505. The van der Waals surface area contributed by atoms with Gasteiger partial charge in [-0.1, -0.05) is 11.6 Å². The summed E-state index contributed by atoms with van der Waals surface area (Å²) < 4.78 is 13.3. The summed E-state index contributed by atoms with van der Waals surface area (Å²) in [5.41, 5.74) is -0.439. The van der Waals surface area contributed by atoms with E-state index >= 15 is 0 Å². The molecule has 0 bridgehead atoms. The molecule has 13 heavy (non-hydrogen) atoms. The fraction of sp³-hybridized carbons (Fsp3) is 0.333. The standard InChI is InChI=1S/C9H9BrClFO/c1-9(2,13)5-3-6(10)8(12)7(11)4-5/h3-4,13H,1-2H3. The van der Waals surface area contributed by atoms with E-state index < -0.39 is 11.4 Å². The number of aliphatic hydroxyl groups is 1. The first-order valence-electron chi connectivity index (χ1n) is 3.70. The van der Waals surface area contributed by atoms with Gasteiger partial charge in [0.25, 0.3) is 0 Å². The van der Waals surface area contributed by atoms with E-state index in [1.807, 2.05) is 0 Å². The molecule has 0 fully saturated rings. The lowest BCUT2D eigenvalue weighted by atomic mass is 9.99. The number of benzene rings is 1. The highest BCUT2D eigenvalue weighted by Gasteiger charge is 2.19. The van der Waals surface area contributed by atoms with Crippen molar-refractivity contribution in [2.45, 2.75) is 19.4 Å². The maximum absolute atomic E-state index is 13.0. The molecule has 1 N–H and O–H groups in total. The molecule has 72 valence electrons. The molecule has 4 heteroatoms. The summed E-state index contributed by atoms with van der Waals surface area (Å²) in [6.45, 7) is 3.23. The van der Waals surface area contributed by atoms with Gasteiger partial charge in [0.2, 0.25) is 0 Å². The number of hydrogen-bond acceptors (Lipinski definition) is 1. The van der Waals surface area contributed by atoms with Gasteiger partial charge in [0, 0.05) is 0 Å². The molecule has 0 saturated heterocycles. The molecule has 0 aliphatic carbocycles. The molecule has 0 atom stereocenters. The summed E-state index contributed by atoms with van der Waals surface area (Å²) >= 11 is 8.63. The second kappa shape index (κ2) is 3.56.